The number of sulfonamides is 1. The van der Waals surface area contributed by atoms with Gasteiger partial charge in [0.15, 0.2) is 0 Å². The Bertz CT molecular complexity index is 854. The second-order valence-electron chi connectivity index (χ2n) is 8.05. The van der Waals surface area contributed by atoms with Gasteiger partial charge in [0.2, 0.25) is 10.0 Å². The number of rotatable bonds is 6. The van der Waals surface area contributed by atoms with Crippen LogP contribution in [0.15, 0.2) is 12.1 Å². The van der Waals surface area contributed by atoms with Gasteiger partial charge in [0.05, 0.1) is 11.8 Å². The minimum atomic E-state index is -3.78. The van der Waals surface area contributed by atoms with Crippen molar-refractivity contribution in [3.8, 4) is 12.3 Å². The Hall–Kier alpha value is -1.75. The van der Waals surface area contributed by atoms with Crippen molar-refractivity contribution in [2.75, 3.05) is 25.0 Å². The molecule has 0 radical (unpaired) electrons. The highest BCUT2D eigenvalue weighted by Crippen LogP contribution is 2.35. The number of nitrogens with zero attached hydrogens (tertiary/aromatic N) is 1. The van der Waals surface area contributed by atoms with E-state index < -0.39 is 21.3 Å². The lowest BCUT2D eigenvalue weighted by molar-refractivity contribution is 0.251. The maximum Gasteiger partial charge on any atom is 0.332 e. The zero-order chi connectivity index (χ0) is 21.8. The standard InChI is InChI=1S/C21H30ClN3O3S/c1-6-9-25-10-7-17(8-11-25)29(27,28)24-21(26)23-20-18(14(2)3)12-16(22)13-19(20)15(4)5/h1,12-15,17H,7-11H2,2-5H3,(H2,23,24,26). The predicted molar refractivity (Wildman–Crippen MR) is 119 cm³/mol. The van der Waals surface area contributed by atoms with Gasteiger partial charge in [-0.15, -0.1) is 6.42 Å². The summed E-state index contributed by atoms with van der Waals surface area (Å²) in [6, 6.07) is 2.87. The molecule has 160 valence electrons. The number of anilines is 1. The highest BCUT2D eigenvalue weighted by atomic mass is 35.5. The largest absolute Gasteiger partial charge is 0.332 e. The molecular formula is C21H30ClN3O3S. The van der Waals surface area contributed by atoms with E-state index in [1.807, 2.05) is 44.7 Å². The smallest absolute Gasteiger partial charge is 0.307 e. The number of amides is 2. The fourth-order valence-electron chi connectivity index (χ4n) is 3.56. The van der Waals surface area contributed by atoms with Crippen molar-refractivity contribution in [3.63, 3.8) is 0 Å². The van der Waals surface area contributed by atoms with Crippen molar-refractivity contribution in [2.45, 2.75) is 57.6 Å². The Morgan fingerprint density at radius 3 is 2.17 bits per heavy atom. The summed E-state index contributed by atoms with van der Waals surface area (Å²) in [5, 5.41) is 2.75. The summed E-state index contributed by atoms with van der Waals surface area (Å²) >= 11 is 6.25. The lowest BCUT2D eigenvalue weighted by Gasteiger charge is -2.30. The van der Waals surface area contributed by atoms with Gasteiger partial charge < -0.3 is 5.32 Å². The van der Waals surface area contributed by atoms with Gasteiger partial charge in [-0.2, -0.15) is 0 Å². The summed E-state index contributed by atoms with van der Waals surface area (Å²) in [7, 11) is -3.78. The third-order valence-corrected chi connectivity index (χ3v) is 7.21. The first kappa shape index (κ1) is 23.5. The van der Waals surface area contributed by atoms with Gasteiger partial charge >= 0.3 is 6.03 Å². The van der Waals surface area contributed by atoms with E-state index >= 15 is 0 Å². The van der Waals surface area contributed by atoms with Gasteiger partial charge in [0.1, 0.15) is 0 Å². The number of urea groups is 1. The summed E-state index contributed by atoms with van der Waals surface area (Å²) < 4.78 is 27.6. The van der Waals surface area contributed by atoms with E-state index in [2.05, 4.69) is 16.0 Å². The summed E-state index contributed by atoms with van der Waals surface area (Å²) in [4.78, 5) is 14.6. The van der Waals surface area contributed by atoms with E-state index in [-0.39, 0.29) is 11.8 Å². The second-order valence-corrected chi connectivity index (χ2v) is 10.4. The molecule has 2 N–H and O–H groups in total. The highest BCUT2D eigenvalue weighted by molar-refractivity contribution is 7.90. The maximum absolute atomic E-state index is 12.7. The Kier molecular flexibility index (Phi) is 7.98. The van der Waals surface area contributed by atoms with Crippen LogP contribution in [-0.2, 0) is 10.0 Å². The lowest BCUT2D eigenvalue weighted by Crippen LogP contribution is -2.46. The molecule has 0 aromatic heterocycles. The number of hydrogen-bond acceptors (Lipinski definition) is 4. The molecule has 1 heterocycles. The molecule has 1 aromatic rings. The van der Waals surface area contributed by atoms with E-state index in [1.54, 1.807) is 0 Å². The molecule has 8 heteroatoms. The molecule has 2 rings (SSSR count). The quantitative estimate of drug-likeness (QED) is 0.653. The fourth-order valence-corrected chi connectivity index (χ4v) is 5.11. The van der Waals surface area contributed by atoms with Crippen LogP contribution in [0.3, 0.4) is 0 Å². The van der Waals surface area contributed by atoms with Crippen molar-refractivity contribution in [1.82, 2.24) is 9.62 Å². The number of carbonyl (C=O) groups is 1. The van der Waals surface area contributed by atoms with Crippen molar-refractivity contribution in [1.29, 1.82) is 0 Å². The topological polar surface area (TPSA) is 78.5 Å². The molecule has 2 amide bonds. The number of hydrogen-bond donors (Lipinski definition) is 2. The number of nitrogens with one attached hydrogen (secondary N) is 2. The molecule has 1 saturated heterocycles. The maximum atomic E-state index is 12.7. The number of benzene rings is 1. The van der Waals surface area contributed by atoms with Crippen LogP contribution >= 0.6 is 11.6 Å². The molecule has 0 unspecified atom stereocenters. The first-order chi connectivity index (χ1) is 13.5. The minimum absolute atomic E-state index is 0.110. The summed E-state index contributed by atoms with van der Waals surface area (Å²) in [6.45, 7) is 9.71. The zero-order valence-electron chi connectivity index (χ0n) is 17.5. The summed E-state index contributed by atoms with van der Waals surface area (Å²) in [5.74, 6) is 2.79. The molecule has 0 bridgehead atoms. The minimum Gasteiger partial charge on any atom is -0.307 e. The molecule has 6 nitrogen and oxygen atoms in total. The second kappa shape index (κ2) is 9.84. The number of carbonyl (C=O) groups excluding carboxylic acids is 1. The molecule has 0 aliphatic carbocycles. The average Bonchev–Trinajstić information content (AvgIpc) is 2.62. The molecule has 0 spiro atoms. The van der Waals surface area contributed by atoms with E-state index in [9.17, 15) is 13.2 Å². The van der Waals surface area contributed by atoms with E-state index in [1.165, 1.54) is 0 Å². The van der Waals surface area contributed by atoms with Crippen LogP contribution in [0.5, 0.6) is 0 Å². The number of terminal acetylenes is 1. The van der Waals surface area contributed by atoms with Crippen LogP contribution < -0.4 is 10.0 Å². The average molecular weight is 440 g/mol. The van der Waals surface area contributed by atoms with Crippen LogP contribution in [0.1, 0.15) is 63.5 Å². The van der Waals surface area contributed by atoms with Crippen LogP contribution in [-0.4, -0.2) is 44.2 Å². The van der Waals surface area contributed by atoms with Crippen molar-refractivity contribution < 1.29 is 13.2 Å². The van der Waals surface area contributed by atoms with Gasteiger partial charge in [-0.25, -0.2) is 17.9 Å². The number of halogens is 1. The first-order valence-electron chi connectivity index (χ1n) is 9.87. The number of piperidine rings is 1. The van der Waals surface area contributed by atoms with Gasteiger partial charge in [-0.1, -0.05) is 45.2 Å². The van der Waals surface area contributed by atoms with Crippen molar-refractivity contribution in [3.05, 3.63) is 28.3 Å². The normalized spacial score (nSPS) is 16.1. The molecule has 0 saturated carbocycles. The molecule has 29 heavy (non-hydrogen) atoms. The van der Waals surface area contributed by atoms with Crippen molar-refractivity contribution >= 4 is 33.3 Å². The molecule has 1 aromatic carbocycles. The zero-order valence-corrected chi connectivity index (χ0v) is 19.0. The third kappa shape index (κ3) is 6.11. The fraction of sp³-hybridized carbons (Fsp3) is 0.571. The Labute approximate surface area is 179 Å². The predicted octanol–water partition coefficient (Wildman–Crippen LogP) is 4.14. The van der Waals surface area contributed by atoms with Crippen molar-refractivity contribution in [2.24, 2.45) is 0 Å². The lowest BCUT2D eigenvalue weighted by atomic mass is 9.92. The molecule has 1 aliphatic heterocycles. The first-order valence-corrected chi connectivity index (χ1v) is 11.8. The van der Waals surface area contributed by atoms with E-state index in [4.69, 9.17) is 18.0 Å². The van der Waals surface area contributed by atoms with Crippen LogP contribution in [0.2, 0.25) is 5.02 Å². The Morgan fingerprint density at radius 2 is 1.72 bits per heavy atom. The van der Waals surface area contributed by atoms with E-state index in [0.29, 0.717) is 43.2 Å². The molecular weight excluding hydrogens is 410 g/mol. The third-order valence-electron chi connectivity index (χ3n) is 5.17. The summed E-state index contributed by atoms with van der Waals surface area (Å²) in [6.07, 6.45) is 6.20. The van der Waals surface area contributed by atoms with E-state index in [0.717, 1.165) is 11.1 Å². The molecule has 0 atom stereocenters. The highest BCUT2D eigenvalue weighted by Gasteiger charge is 2.31. The van der Waals surface area contributed by atoms with Crippen LogP contribution in [0, 0.1) is 12.3 Å². The molecule has 1 fully saturated rings. The SMILES string of the molecule is C#CCN1CCC(S(=O)(=O)NC(=O)Nc2c(C(C)C)cc(Cl)cc2C(C)C)CC1. The van der Waals surface area contributed by atoms with Crippen LogP contribution in [0.4, 0.5) is 10.5 Å². The molecule has 1 aliphatic rings. The number of likely N-dealkylation sites (tertiary alicyclic amines) is 1. The van der Waals surface area contributed by atoms with Crippen LogP contribution in [0.25, 0.3) is 0 Å². The van der Waals surface area contributed by atoms with Gasteiger partial charge in [-0.3, -0.25) is 4.90 Å². The Morgan fingerprint density at radius 1 is 1.21 bits per heavy atom. The summed E-state index contributed by atoms with van der Waals surface area (Å²) in [5.41, 5.74) is 2.36. The van der Waals surface area contributed by atoms with Gasteiger partial charge in [-0.05, 0) is 47.9 Å². The Balaban J connectivity index is 2.16. The van der Waals surface area contributed by atoms with Gasteiger partial charge in [0.25, 0.3) is 0 Å². The monoisotopic (exact) mass is 439 g/mol. The van der Waals surface area contributed by atoms with Gasteiger partial charge in [0, 0.05) is 23.8 Å².